The highest BCUT2D eigenvalue weighted by Gasteiger charge is 2.26. The number of nitrogens with zero attached hydrogens (tertiary/aromatic N) is 1. The molecule has 0 fully saturated rings. The molecule has 1 aromatic carbocycles. The third kappa shape index (κ3) is 3.74. The van der Waals surface area contributed by atoms with Crippen LogP contribution in [0.3, 0.4) is 0 Å². The van der Waals surface area contributed by atoms with Crippen LogP contribution in [-0.2, 0) is 6.42 Å². The second kappa shape index (κ2) is 6.59. The van der Waals surface area contributed by atoms with E-state index in [2.05, 4.69) is 44.2 Å². The molecular formula is C17H28N2O. The van der Waals surface area contributed by atoms with Crippen LogP contribution >= 0.6 is 0 Å². The molecule has 0 saturated carbocycles. The maximum Gasteiger partial charge on any atom is 0.119 e. The molecule has 2 atom stereocenters. The zero-order valence-electron chi connectivity index (χ0n) is 13.2. The quantitative estimate of drug-likeness (QED) is 0.838. The van der Waals surface area contributed by atoms with Gasteiger partial charge in [-0.2, -0.15) is 0 Å². The Kier molecular flexibility index (Phi) is 5.06. The first kappa shape index (κ1) is 15.3. The van der Waals surface area contributed by atoms with Gasteiger partial charge in [-0.15, -0.1) is 0 Å². The van der Waals surface area contributed by atoms with Crippen molar-refractivity contribution in [3.05, 3.63) is 29.3 Å². The molecule has 3 nitrogen and oxygen atoms in total. The van der Waals surface area contributed by atoms with Gasteiger partial charge in [0.1, 0.15) is 5.75 Å². The van der Waals surface area contributed by atoms with Crippen LogP contribution in [0.25, 0.3) is 0 Å². The van der Waals surface area contributed by atoms with E-state index in [4.69, 9.17) is 0 Å². The lowest BCUT2D eigenvalue weighted by Crippen LogP contribution is -2.40. The maximum atomic E-state index is 9.94. The van der Waals surface area contributed by atoms with Gasteiger partial charge in [0.2, 0.25) is 0 Å². The van der Waals surface area contributed by atoms with Crippen molar-refractivity contribution in [3.8, 4) is 5.75 Å². The summed E-state index contributed by atoms with van der Waals surface area (Å²) in [7, 11) is 4.26. The Hall–Kier alpha value is -1.06. The number of aromatic hydroxyl groups is 1. The molecule has 3 heteroatoms. The van der Waals surface area contributed by atoms with Crippen molar-refractivity contribution < 1.29 is 5.11 Å². The van der Waals surface area contributed by atoms with Gasteiger partial charge in [0, 0.05) is 18.6 Å². The topological polar surface area (TPSA) is 35.5 Å². The maximum absolute atomic E-state index is 9.94. The van der Waals surface area contributed by atoms with Crippen LogP contribution in [0.5, 0.6) is 5.75 Å². The van der Waals surface area contributed by atoms with E-state index in [1.165, 1.54) is 12.0 Å². The molecule has 0 radical (unpaired) electrons. The number of nitrogens with one attached hydrogen (secondary N) is 1. The number of phenolic OH excluding ortho intramolecular Hbond substituents is 1. The van der Waals surface area contributed by atoms with E-state index in [9.17, 15) is 5.11 Å². The predicted octanol–water partition coefficient (Wildman–Crippen LogP) is 2.95. The Bertz CT molecular complexity index is 433. The summed E-state index contributed by atoms with van der Waals surface area (Å²) >= 11 is 0. The van der Waals surface area contributed by atoms with E-state index >= 15 is 0 Å². The molecule has 0 aliphatic heterocycles. The highest BCUT2D eigenvalue weighted by molar-refractivity contribution is 5.44. The van der Waals surface area contributed by atoms with Crippen LogP contribution in [0.15, 0.2) is 18.2 Å². The second-order valence-corrected chi connectivity index (χ2v) is 6.69. The number of likely N-dealkylation sites (N-methyl/N-ethyl adjacent to an activating group) is 1. The summed E-state index contributed by atoms with van der Waals surface area (Å²) < 4.78 is 0. The zero-order chi connectivity index (χ0) is 14.7. The molecule has 0 amide bonds. The van der Waals surface area contributed by atoms with Gasteiger partial charge in [-0.3, -0.25) is 0 Å². The highest BCUT2D eigenvalue weighted by atomic mass is 16.3. The average Bonchev–Trinajstić information content (AvgIpc) is 2.72. The number of rotatable bonds is 6. The first-order valence-corrected chi connectivity index (χ1v) is 7.69. The minimum Gasteiger partial charge on any atom is -0.508 e. The number of benzene rings is 1. The summed E-state index contributed by atoms with van der Waals surface area (Å²) in [6, 6.07) is 6.80. The third-order valence-electron chi connectivity index (χ3n) is 4.02. The monoisotopic (exact) mass is 276 g/mol. The summed E-state index contributed by atoms with van der Waals surface area (Å²) in [5.74, 6) is 1.15. The molecule has 0 aromatic heterocycles. The molecule has 0 bridgehead atoms. The van der Waals surface area contributed by atoms with E-state index in [1.54, 1.807) is 6.07 Å². The van der Waals surface area contributed by atoms with Crippen molar-refractivity contribution in [2.45, 2.75) is 45.2 Å². The predicted molar refractivity (Wildman–Crippen MR) is 84.1 cm³/mol. The van der Waals surface area contributed by atoms with Crippen molar-refractivity contribution in [2.24, 2.45) is 5.92 Å². The average molecular weight is 276 g/mol. The Balaban J connectivity index is 2.07. The van der Waals surface area contributed by atoms with Crippen molar-refractivity contribution in [2.75, 3.05) is 20.6 Å². The van der Waals surface area contributed by atoms with Crippen molar-refractivity contribution in [1.29, 1.82) is 0 Å². The van der Waals surface area contributed by atoms with E-state index < -0.39 is 0 Å². The molecule has 2 rings (SSSR count). The fraction of sp³-hybridized carbons (Fsp3) is 0.647. The molecule has 20 heavy (non-hydrogen) atoms. The summed E-state index contributed by atoms with van der Waals surface area (Å²) in [5, 5.41) is 13.7. The molecule has 2 unspecified atom stereocenters. The number of fused-ring (bicyclic) bond motifs is 1. The van der Waals surface area contributed by atoms with E-state index in [1.807, 2.05) is 6.07 Å². The smallest absolute Gasteiger partial charge is 0.119 e. The SMILES string of the molecule is CC(C)CC(CN(C)C)NC1CCc2c(O)cccc21. The van der Waals surface area contributed by atoms with Crippen LogP contribution in [0.1, 0.15) is 43.9 Å². The van der Waals surface area contributed by atoms with Crippen molar-refractivity contribution in [3.63, 3.8) is 0 Å². The fourth-order valence-electron chi connectivity index (χ4n) is 3.30. The van der Waals surface area contributed by atoms with Gasteiger partial charge in [0.15, 0.2) is 0 Å². The van der Waals surface area contributed by atoms with E-state index in [0.29, 0.717) is 23.8 Å². The molecule has 0 heterocycles. The van der Waals surface area contributed by atoms with E-state index in [-0.39, 0.29) is 0 Å². The molecule has 1 aliphatic rings. The van der Waals surface area contributed by atoms with Crippen molar-refractivity contribution in [1.82, 2.24) is 10.2 Å². The lowest BCUT2D eigenvalue weighted by atomic mass is 10.0. The van der Waals surface area contributed by atoms with Crippen molar-refractivity contribution >= 4 is 0 Å². The normalized spacial score (nSPS) is 19.6. The molecule has 112 valence electrons. The third-order valence-corrected chi connectivity index (χ3v) is 4.02. The lowest BCUT2D eigenvalue weighted by molar-refractivity contribution is 0.286. The van der Waals surface area contributed by atoms with Crippen LogP contribution < -0.4 is 5.32 Å². The molecule has 1 aromatic rings. The number of hydrogen-bond acceptors (Lipinski definition) is 3. The first-order chi connectivity index (χ1) is 9.47. The van der Waals surface area contributed by atoms with Gasteiger partial charge in [0.05, 0.1) is 0 Å². The van der Waals surface area contributed by atoms with Gasteiger partial charge < -0.3 is 15.3 Å². The summed E-state index contributed by atoms with van der Waals surface area (Å²) in [5.41, 5.74) is 2.43. The molecule has 2 N–H and O–H groups in total. The first-order valence-electron chi connectivity index (χ1n) is 7.69. The fourth-order valence-corrected chi connectivity index (χ4v) is 3.30. The Morgan fingerprint density at radius 2 is 2.10 bits per heavy atom. The Labute approximate surface area is 123 Å². The molecular weight excluding hydrogens is 248 g/mol. The second-order valence-electron chi connectivity index (χ2n) is 6.69. The molecule has 0 saturated heterocycles. The van der Waals surface area contributed by atoms with Gasteiger partial charge in [-0.05, 0) is 56.5 Å². The van der Waals surface area contributed by atoms with E-state index in [0.717, 1.165) is 24.9 Å². The van der Waals surface area contributed by atoms with Gasteiger partial charge in [-0.1, -0.05) is 26.0 Å². The standard InChI is InChI=1S/C17H28N2O/c1-12(2)10-13(11-19(3)4)18-16-9-8-15-14(16)6-5-7-17(15)20/h5-7,12-13,16,18,20H,8-11H2,1-4H3. The van der Waals surface area contributed by atoms with Crippen LogP contribution in [-0.4, -0.2) is 36.7 Å². The number of hydrogen-bond donors (Lipinski definition) is 2. The summed E-state index contributed by atoms with van der Waals surface area (Å²) in [6.45, 7) is 5.61. The van der Waals surface area contributed by atoms with Crippen LogP contribution in [0.2, 0.25) is 0 Å². The van der Waals surface area contributed by atoms with Crippen LogP contribution in [0, 0.1) is 5.92 Å². The highest BCUT2D eigenvalue weighted by Crippen LogP contribution is 2.36. The molecule has 1 aliphatic carbocycles. The Morgan fingerprint density at radius 3 is 2.75 bits per heavy atom. The van der Waals surface area contributed by atoms with Gasteiger partial charge in [-0.25, -0.2) is 0 Å². The lowest BCUT2D eigenvalue weighted by Gasteiger charge is -2.27. The Morgan fingerprint density at radius 1 is 1.35 bits per heavy atom. The van der Waals surface area contributed by atoms with Gasteiger partial charge >= 0.3 is 0 Å². The minimum absolute atomic E-state index is 0.390. The van der Waals surface area contributed by atoms with Crippen LogP contribution in [0.4, 0.5) is 0 Å². The molecule has 0 spiro atoms. The minimum atomic E-state index is 0.390. The summed E-state index contributed by atoms with van der Waals surface area (Å²) in [6.07, 6.45) is 3.26. The largest absolute Gasteiger partial charge is 0.508 e. The van der Waals surface area contributed by atoms with Gasteiger partial charge in [0.25, 0.3) is 0 Å². The number of phenols is 1. The zero-order valence-corrected chi connectivity index (χ0v) is 13.2. The summed E-state index contributed by atoms with van der Waals surface area (Å²) in [4.78, 5) is 2.25.